The van der Waals surface area contributed by atoms with Crippen LogP contribution in [0.3, 0.4) is 0 Å². The summed E-state index contributed by atoms with van der Waals surface area (Å²) in [5, 5.41) is 9.27. The van der Waals surface area contributed by atoms with E-state index < -0.39 is 0 Å². The van der Waals surface area contributed by atoms with Crippen LogP contribution in [0.2, 0.25) is 0 Å². The van der Waals surface area contributed by atoms with Crippen molar-refractivity contribution in [3.8, 4) is 0 Å². The van der Waals surface area contributed by atoms with Crippen molar-refractivity contribution < 1.29 is 5.11 Å². The zero-order valence-electron chi connectivity index (χ0n) is 10.6. The average Bonchev–Trinajstić information content (AvgIpc) is 2.23. The van der Waals surface area contributed by atoms with E-state index in [1.54, 1.807) is 0 Å². The Morgan fingerprint density at radius 3 is 1.94 bits per heavy atom. The van der Waals surface area contributed by atoms with Gasteiger partial charge in [-0.3, -0.25) is 0 Å². The Bertz CT molecular complexity index is 223. The SMILES string of the molecule is CCC(CCO)C12CC3CC(CC(C3)C1)C2. The van der Waals surface area contributed by atoms with Crippen LogP contribution in [0.1, 0.15) is 58.3 Å². The molecule has 1 N–H and O–H groups in total. The van der Waals surface area contributed by atoms with Gasteiger partial charge in [-0.15, -0.1) is 0 Å². The number of rotatable bonds is 4. The summed E-state index contributed by atoms with van der Waals surface area (Å²) in [5.74, 6) is 3.97. The standard InChI is InChI=1S/C15H26O/c1-2-14(3-4-16)15-8-11-5-12(9-15)7-13(6-11)10-15/h11-14,16H,2-10H2,1H3. The second kappa shape index (κ2) is 4.01. The fourth-order valence-electron chi connectivity index (χ4n) is 5.78. The van der Waals surface area contributed by atoms with E-state index in [0.717, 1.165) is 30.1 Å². The molecule has 0 aliphatic heterocycles. The highest BCUT2D eigenvalue weighted by atomic mass is 16.3. The van der Waals surface area contributed by atoms with Gasteiger partial charge in [0.25, 0.3) is 0 Å². The molecule has 1 heteroatoms. The zero-order valence-corrected chi connectivity index (χ0v) is 10.6. The molecule has 0 aromatic carbocycles. The van der Waals surface area contributed by atoms with Gasteiger partial charge < -0.3 is 5.11 Å². The van der Waals surface area contributed by atoms with E-state index in [2.05, 4.69) is 6.92 Å². The zero-order chi connectivity index (χ0) is 11.2. The maximum Gasteiger partial charge on any atom is 0.0433 e. The summed E-state index contributed by atoms with van der Waals surface area (Å²) in [7, 11) is 0. The Morgan fingerprint density at radius 1 is 1.06 bits per heavy atom. The van der Waals surface area contributed by atoms with Crippen LogP contribution in [0.5, 0.6) is 0 Å². The second-order valence-corrected chi connectivity index (χ2v) is 6.90. The molecule has 1 nitrogen and oxygen atoms in total. The summed E-state index contributed by atoms with van der Waals surface area (Å²) in [4.78, 5) is 0. The lowest BCUT2D eigenvalue weighted by atomic mass is 9.46. The Morgan fingerprint density at radius 2 is 1.56 bits per heavy atom. The fraction of sp³-hybridized carbons (Fsp3) is 1.00. The van der Waals surface area contributed by atoms with Gasteiger partial charge >= 0.3 is 0 Å². The van der Waals surface area contributed by atoms with Crippen LogP contribution >= 0.6 is 0 Å². The molecule has 4 bridgehead atoms. The lowest BCUT2D eigenvalue weighted by molar-refractivity contribution is -0.0923. The molecule has 4 saturated carbocycles. The normalized spacial score (nSPS) is 47.2. The Kier molecular flexibility index (Phi) is 2.78. The van der Waals surface area contributed by atoms with Gasteiger partial charge in [-0.25, -0.2) is 0 Å². The van der Waals surface area contributed by atoms with Gasteiger partial charge in [0.2, 0.25) is 0 Å². The van der Waals surface area contributed by atoms with Crippen LogP contribution in [0, 0.1) is 29.1 Å². The van der Waals surface area contributed by atoms with Crippen molar-refractivity contribution in [3.63, 3.8) is 0 Å². The quantitative estimate of drug-likeness (QED) is 0.770. The van der Waals surface area contributed by atoms with Crippen molar-refractivity contribution >= 4 is 0 Å². The van der Waals surface area contributed by atoms with E-state index in [4.69, 9.17) is 0 Å². The largest absolute Gasteiger partial charge is 0.396 e. The summed E-state index contributed by atoms with van der Waals surface area (Å²) < 4.78 is 0. The molecule has 92 valence electrons. The highest BCUT2D eigenvalue weighted by molar-refractivity contribution is 5.03. The molecule has 0 aromatic rings. The first kappa shape index (κ1) is 11.1. The highest BCUT2D eigenvalue weighted by Crippen LogP contribution is 2.63. The van der Waals surface area contributed by atoms with Gasteiger partial charge in [-0.1, -0.05) is 13.3 Å². The van der Waals surface area contributed by atoms with Gasteiger partial charge in [0, 0.05) is 6.61 Å². The molecule has 4 fully saturated rings. The van der Waals surface area contributed by atoms with Crippen LogP contribution in [-0.4, -0.2) is 11.7 Å². The molecule has 1 unspecified atom stereocenters. The number of hydrogen-bond donors (Lipinski definition) is 1. The molecule has 0 spiro atoms. The van der Waals surface area contributed by atoms with Gasteiger partial charge in [0.15, 0.2) is 0 Å². The van der Waals surface area contributed by atoms with E-state index >= 15 is 0 Å². The molecular weight excluding hydrogens is 196 g/mol. The number of aliphatic hydroxyl groups excluding tert-OH is 1. The van der Waals surface area contributed by atoms with Crippen LogP contribution < -0.4 is 0 Å². The van der Waals surface area contributed by atoms with Gasteiger partial charge in [0.05, 0.1) is 0 Å². The second-order valence-electron chi connectivity index (χ2n) is 6.90. The summed E-state index contributed by atoms with van der Waals surface area (Å²) in [5.41, 5.74) is 0.659. The maximum atomic E-state index is 9.27. The lowest BCUT2D eigenvalue weighted by Gasteiger charge is -2.59. The smallest absolute Gasteiger partial charge is 0.0433 e. The van der Waals surface area contributed by atoms with Gasteiger partial charge in [0.1, 0.15) is 0 Å². The van der Waals surface area contributed by atoms with Crippen molar-refractivity contribution in [3.05, 3.63) is 0 Å². The summed E-state index contributed by atoms with van der Waals surface area (Å²) >= 11 is 0. The molecule has 0 heterocycles. The third-order valence-electron chi connectivity index (χ3n) is 5.92. The van der Waals surface area contributed by atoms with Crippen molar-refractivity contribution in [2.75, 3.05) is 6.61 Å². The average molecular weight is 222 g/mol. The molecule has 4 aliphatic rings. The first-order valence-electron chi connectivity index (χ1n) is 7.36. The molecule has 0 radical (unpaired) electrons. The minimum absolute atomic E-state index is 0.403. The first-order chi connectivity index (χ1) is 7.75. The molecule has 4 aliphatic carbocycles. The third kappa shape index (κ3) is 1.63. The van der Waals surface area contributed by atoms with Crippen LogP contribution in [-0.2, 0) is 0 Å². The Labute approximate surface area is 99.6 Å². The predicted molar refractivity (Wildman–Crippen MR) is 66.1 cm³/mol. The van der Waals surface area contributed by atoms with Crippen molar-refractivity contribution in [2.24, 2.45) is 29.1 Å². The van der Waals surface area contributed by atoms with Crippen molar-refractivity contribution in [2.45, 2.75) is 58.3 Å². The van der Waals surface area contributed by atoms with Crippen molar-refractivity contribution in [1.29, 1.82) is 0 Å². The minimum Gasteiger partial charge on any atom is -0.396 e. The van der Waals surface area contributed by atoms with Gasteiger partial charge in [-0.05, 0) is 74.0 Å². The van der Waals surface area contributed by atoms with E-state index in [-0.39, 0.29) is 0 Å². The van der Waals surface area contributed by atoms with E-state index in [1.807, 2.05) is 0 Å². The summed E-state index contributed by atoms with van der Waals surface area (Å²) in [6, 6.07) is 0. The molecule has 0 amide bonds. The summed E-state index contributed by atoms with van der Waals surface area (Å²) in [6.07, 6.45) is 11.4. The Balaban J connectivity index is 1.81. The molecule has 0 saturated heterocycles. The van der Waals surface area contributed by atoms with Crippen LogP contribution in [0.15, 0.2) is 0 Å². The van der Waals surface area contributed by atoms with E-state index in [9.17, 15) is 5.11 Å². The topological polar surface area (TPSA) is 20.2 Å². The maximum absolute atomic E-state index is 9.27. The molecular formula is C15H26O. The summed E-state index contributed by atoms with van der Waals surface area (Å²) in [6.45, 7) is 2.74. The van der Waals surface area contributed by atoms with Crippen LogP contribution in [0.4, 0.5) is 0 Å². The van der Waals surface area contributed by atoms with E-state index in [0.29, 0.717) is 12.0 Å². The monoisotopic (exact) mass is 222 g/mol. The minimum atomic E-state index is 0.403. The molecule has 4 rings (SSSR count). The van der Waals surface area contributed by atoms with Crippen molar-refractivity contribution in [1.82, 2.24) is 0 Å². The van der Waals surface area contributed by atoms with Crippen LogP contribution in [0.25, 0.3) is 0 Å². The number of aliphatic hydroxyl groups is 1. The van der Waals surface area contributed by atoms with E-state index in [1.165, 1.54) is 44.9 Å². The molecule has 0 aromatic heterocycles. The first-order valence-corrected chi connectivity index (χ1v) is 7.36. The third-order valence-corrected chi connectivity index (χ3v) is 5.92. The predicted octanol–water partition coefficient (Wildman–Crippen LogP) is 3.61. The Hall–Kier alpha value is -0.0400. The molecule has 16 heavy (non-hydrogen) atoms. The van der Waals surface area contributed by atoms with Gasteiger partial charge in [-0.2, -0.15) is 0 Å². The fourth-order valence-corrected chi connectivity index (χ4v) is 5.78. The lowest BCUT2D eigenvalue weighted by Crippen LogP contribution is -2.49. The number of hydrogen-bond acceptors (Lipinski definition) is 1. The highest BCUT2D eigenvalue weighted by Gasteiger charge is 2.53. The molecule has 1 atom stereocenters.